The summed E-state index contributed by atoms with van der Waals surface area (Å²) in [5.41, 5.74) is 2.20. The number of benzene rings is 1. The van der Waals surface area contributed by atoms with Gasteiger partial charge in [0.15, 0.2) is 0 Å². The molecule has 0 aliphatic carbocycles. The predicted molar refractivity (Wildman–Crippen MR) is 101 cm³/mol. The third kappa shape index (κ3) is 3.35. The Hall–Kier alpha value is -2.67. The average molecular weight is 384 g/mol. The second-order valence-electron chi connectivity index (χ2n) is 6.93. The van der Waals surface area contributed by atoms with E-state index < -0.39 is 12.0 Å². The van der Waals surface area contributed by atoms with E-state index in [1.165, 1.54) is 11.3 Å². The second-order valence-corrected chi connectivity index (χ2v) is 7.88. The first kappa shape index (κ1) is 17.7. The van der Waals surface area contributed by atoms with Gasteiger partial charge in [-0.25, -0.2) is 4.79 Å². The van der Waals surface area contributed by atoms with Crippen molar-refractivity contribution in [2.45, 2.75) is 31.8 Å². The molecule has 1 fully saturated rings. The van der Waals surface area contributed by atoms with Crippen LogP contribution in [0.25, 0.3) is 0 Å². The molecule has 1 aromatic heterocycles. The van der Waals surface area contributed by atoms with E-state index >= 15 is 0 Å². The SMILES string of the molecule is O=C(O)c1ccc2c(c1)CN(C(=O)C1CCCN1C(=O)c1cccs1)CC2. The zero-order chi connectivity index (χ0) is 19.0. The van der Waals surface area contributed by atoms with Crippen LogP contribution in [0, 0.1) is 0 Å². The van der Waals surface area contributed by atoms with E-state index in [0.717, 1.165) is 17.5 Å². The van der Waals surface area contributed by atoms with E-state index in [0.29, 0.717) is 37.4 Å². The molecule has 4 rings (SSSR count). The summed E-state index contributed by atoms with van der Waals surface area (Å²) in [5, 5.41) is 11.1. The maximum Gasteiger partial charge on any atom is 0.335 e. The molecule has 1 saturated heterocycles. The minimum Gasteiger partial charge on any atom is -0.478 e. The summed E-state index contributed by atoms with van der Waals surface area (Å²) in [6.45, 7) is 1.59. The molecule has 7 heteroatoms. The van der Waals surface area contributed by atoms with Crippen molar-refractivity contribution in [1.29, 1.82) is 0 Å². The van der Waals surface area contributed by atoms with E-state index in [-0.39, 0.29) is 17.4 Å². The fourth-order valence-electron chi connectivity index (χ4n) is 3.90. The van der Waals surface area contributed by atoms with Gasteiger partial charge in [0.05, 0.1) is 10.4 Å². The molecule has 1 unspecified atom stereocenters. The Morgan fingerprint density at radius 1 is 1.11 bits per heavy atom. The van der Waals surface area contributed by atoms with E-state index in [4.69, 9.17) is 0 Å². The summed E-state index contributed by atoms with van der Waals surface area (Å²) in [4.78, 5) is 41.2. The third-order valence-electron chi connectivity index (χ3n) is 5.31. The van der Waals surface area contributed by atoms with Crippen molar-refractivity contribution in [2.75, 3.05) is 13.1 Å². The van der Waals surface area contributed by atoms with E-state index in [2.05, 4.69) is 0 Å². The average Bonchev–Trinajstić information content (AvgIpc) is 3.37. The summed E-state index contributed by atoms with van der Waals surface area (Å²) < 4.78 is 0. The lowest BCUT2D eigenvalue weighted by molar-refractivity contribution is -0.136. The number of likely N-dealkylation sites (tertiary alicyclic amines) is 1. The Morgan fingerprint density at radius 2 is 1.96 bits per heavy atom. The van der Waals surface area contributed by atoms with Crippen molar-refractivity contribution in [2.24, 2.45) is 0 Å². The van der Waals surface area contributed by atoms with Crippen LogP contribution in [-0.2, 0) is 17.8 Å². The molecule has 2 aromatic rings. The van der Waals surface area contributed by atoms with Gasteiger partial charge >= 0.3 is 5.97 Å². The molecule has 2 aliphatic heterocycles. The molecule has 27 heavy (non-hydrogen) atoms. The summed E-state index contributed by atoms with van der Waals surface area (Å²) in [6.07, 6.45) is 2.20. The molecular formula is C20H20N2O4S. The first-order chi connectivity index (χ1) is 13.0. The standard InChI is InChI=1S/C20H20N2O4S/c23-18(16-3-1-8-22(16)19(24)17-4-2-10-27-17)21-9-7-13-5-6-14(20(25)26)11-15(13)12-21/h2,4-6,10-11,16H,1,3,7-9,12H2,(H,25,26). The highest BCUT2D eigenvalue weighted by Crippen LogP contribution is 2.27. The zero-order valence-corrected chi connectivity index (χ0v) is 15.6. The summed E-state index contributed by atoms with van der Waals surface area (Å²) in [5.74, 6) is -1.08. The van der Waals surface area contributed by atoms with E-state index in [1.54, 1.807) is 28.0 Å². The lowest BCUT2D eigenvalue weighted by Crippen LogP contribution is -2.49. The normalized spacial score (nSPS) is 19.0. The summed E-state index contributed by atoms with van der Waals surface area (Å²) in [7, 11) is 0. The smallest absolute Gasteiger partial charge is 0.335 e. The number of carboxylic acids is 1. The first-order valence-electron chi connectivity index (χ1n) is 9.03. The Balaban J connectivity index is 1.52. The van der Waals surface area contributed by atoms with Gasteiger partial charge < -0.3 is 14.9 Å². The van der Waals surface area contributed by atoms with Crippen molar-refractivity contribution in [3.63, 3.8) is 0 Å². The Morgan fingerprint density at radius 3 is 2.70 bits per heavy atom. The number of amides is 2. The van der Waals surface area contributed by atoms with Crippen LogP contribution in [-0.4, -0.2) is 51.8 Å². The monoisotopic (exact) mass is 384 g/mol. The minimum absolute atomic E-state index is 0.0382. The lowest BCUT2D eigenvalue weighted by Gasteiger charge is -2.33. The molecule has 1 atom stereocenters. The summed E-state index contributed by atoms with van der Waals surface area (Å²) >= 11 is 1.39. The molecule has 0 saturated carbocycles. The van der Waals surface area contributed by atoms with Crippen molar-refractivity contribution < 1.29 is 19.5 Å². The van der Waals surface area contributed by atoms with Crippen LogP contribution < -0.4 is 0 Å². The van der Waals surface area contributed by atoms with Crippen LogP contribution in [0.1, 0.15) is 44.0 Å². The number of carboxylic acid groups (broad SMARTS) is 1. The number of thiophene rings is 1. The molecule has 2 amide bonds. The van der Waals surface area contributed by atoms with Crippen LogP contribution in [0.3, 0.4) is 0 Å². The molecule has 0 spiro atoms. The molecule has 1 aromatic carbocycles. The number of carbonyl (C=O) groups excluding carboxylic acids is 2. The van der Waals surface area contributed by atoms with Gasteiger partial charge in [0.25, 0.3) is 5.91 Å². The minimum atomic E-state index is -0.968. The maximum absolute atomic E-state index is 13.1. The van der Waals surface area contributed by atoms with Crippen molar-refractivity contribution in [3.05, 3.63) is 57.3 Å². The van der Waals surface area contributed by atoms with Gasteiger partial charge in [-0.15, -0.1) is 11.3 Å². The van der Waals surface area contributed by atoms with Gasteiger partial charge in [-0.2, -0.15) is 0 Å². The van der Waals surface area contributed by atoms with Crippen molar-refractivity contribution >= 4 is 29.1 Å². The number of nitrogens with zero attached hydrogens (tertiary/aromatic N) is 2. The van der Waals surface area contributed by atoms with Crippen LogP contribution in [0.15, 0.2) is 35.7 Å². The fraction of sp³-hybridized carbons (Fsp3) is 0.350. The zero-order valence-electron chi connectivity index (χ0n) is 14.8. The largest absolute Gasteiger partial charge is 0.478 e. The van der Waals surface area contributed by atoms with Crippen LogP contribution in [0.2, 0.25) is 0 Å². The van der Waals surface area contributed by atoms with Gasteiger partial charge in [-0.05, 0) is 54.0 Å². The van der Waals surface area contributed by atoms with Crippen molar-refractivity contribution in [1.82, 2.24) is 9.80 Å². The molecule has 0 bridgehead atoms. The Kier molecular flexibility index (Phi) is 4.70. The topological polar surface area (TPSA) is 77.9 Å². The number of fused-ring (bicyclic) bond motifs is 1. The van der Waals surface area contributed by atoms with Crippen molar-refractivity contribution in [3.8, 4) is 0 Å². The van der Waals surface area contributed by atoms with E-state index in [9.17, 15) is 19.5 Å². The van der Waals surface area contributed by atoms with Crippen LogP contribution in [0.4, 0.5) is 0 Å². The molecule has 140 valence electrons. The number of aromatic carboxylic acids is 1. The van der Waals surface area contributed by atoms with Gasteiger partial charge in [0.2, 0.25) is 5.91 Å². The van der Waals surface area contributed by atoms with E-state index in [1.807, 2.05) is 17.5 Å². The highest BCUT2D eigenvalue weighted by Gasteiger charge is 2.38. The Labute approximate surface area is 161 Å². The predicted octanol–water partition coefficient (Wildman–Crippen LogP) is 2.64. The van der Waals surface area contributed by atoms with Gasteiger partial charge in [0.1, 0.15) is 6.04 Å². The fourth-order valence-corrected chi connectivity index (χ4v) is 4.58. The highest BCUT2D eigenvalue weighted by atomic mass is 32.1. The molecular weight excluding hydrogens is 364 g/mol. The van der Waals surface area contributed by atoms with Gasteiger partial charge in [0, 0.05) is 19.6 Å². The molecule has 0 radical (unpaired) electrons. The lowest BCUT2D eigenvalue weighted by atomic mass is 9.96. The number of hydrogen-bond acceptors (Lipinski definition) is 4. The number of hydrogen-bond donors (Lipinski definition) is 1. The van der Waals surface area contributed by atoms with Gasteiger partial charge in [-0.3, -0.25) is 9.59 Å². The maximum atomic E-state index is 13.1. The number of rotatable bonds is 3. The molecule has 1 N–H and O–H groups in total. The van der Waals surface area contributed by atoms with Crippen LogP contribution in [0.5, 0.6) is 0 Å². The van der Waals surface area contributed by atoms with Crippen LogP contribution >= 0.6 is 11.3 Å². The number of carbonyl (C=O) groups is 3. The molecule has 6 nitrogen and oxygen atoms in total. The van der Waals surface area contributed by atoms with Gasteiger partial charge in [-0.1, -0.05) is 12.1 Å². The summed E-state index contributed by atoms with van der Waals surface area (Å²) in [6, 6.07) is 8.30. The Bertz CT molecular complexity index is 893. The quantitative estimate of drug-likeness (QED) is 0.882. The third-order valence-corrected chi connectivity index (χ3v) is 6.17. The first-order valence-corrected chi connectivity index (χ1v) is 9.91. The molecule has 2 aliphatic rings. The molecule has 3 heterocycles. The second kappa shape index (κ2) is 7.15. The highest BCUT2D eigenvalue weighted by molar-refractivity contribution is 7.12.